The number of nitrogen functional groups attached to an aromatic ring is 1. The monoisotopic (exact) mass is 267 g/mol. The molecule has 0 radical (unpaired) electrons. The van der Waals surface area contributed by atoms with Gasteiger partial charge in [0.2, 0.25) is 0 Å². The highest BCUT2D eigenvalue weighted by atomic mass is 16.6. The normalized spacial score (nSPS) is 31.1. The lowest BCUT2D eigenvalue weighted by Crippen LogP contribution is -2.33. The van der Waals surface area contributed by atoms with Crippen LogP contribution in [0.1, 0.15) is 6.23 Å². The molecule has 1 aliphatic heterocycles. The molecule has 19 heavy (non-hydrogen) atoms. The summed E-state index contributed by atoms with van der Waals surface area (Å²) in [6.07, 6.45) is -1.42. The van der Waals surface area contributed by atoms with Crippen molar-refractivity contribution in [1.29, 1.82) is 0 Å². The van der Waals surface area contributed by atoms with Gasteiger partial charge in [-0.05, 0) is 0 Å². The van der Waals surface area contributed by atoms with E-state index < -0.39 is 31.1 Å². The minimum Gasteiger partial charge on any atom is -0.394 e. The summed E-state index contributed by atoms with van der Waals surface area (Å²) in [6, 6.07) is 0. The van der Waals surface area contributed by atoms with Gasteiger partial charge in [0.1, 0.15) is 30.2 Å². The Balaban J connectivity index is 2.04. The van der Waals surface area contributed by atoms with Crippen molar-refractivity contribution in [3.63, 3.8) is 0 Å². The number of nitrogens with two attached hydrogens (primary N) is 1. The summed E-state index contributed by atoms with van der Waals surface area (Å²) in [7, 11) is 0. The van der Waals surface area contributed by atoms with Crippen molar-refractivity contribution in [3.05, 3.63) is 12.7 Å². The standard InChI is InChI=1S/C10H13N5O4/c11-8-5-9(13-2-12-8)15(3-14-5)10-7(18)6(17)4(1-16)19-10/h2-4,6-7,10,16-18H,1H2,(H2,11,12,13)/t4-,6+,7-,10+/m0/s1. The maximum absolute atomic E-state index is 9.95. The molecule has 2 aromatic rings. The number of hydrogen-bond acceptors (Lipinski definition) is 8. The van der Waals surface area contributed by atoms with Crippen LogP contribution in [0.2, 0.25) is 0 Å². The number of aliphatic hydroxyl groups is 3. The first kappa shape index (κ1) is 12.2. The molecule has 2 aromatic heterocycles. The molecule has 0 saturated carbocycles. The van der Waals surface area contributed by atoms with E-state index in [1.807, 2.05) is 0 Å². The SMILES string of the molecule is Nc1ncnc2c1ncn2[C@@H]1O[C@@H](CO)[C@@H](O)[C@@H]1O. The Morgan fingerprint density at radius 2 is 2.05 bits per heavy atom. The second-order valence-corrected chi connectivity index (χ2v) is 4.31. The van der Waals surface area contributed by atoms with Gasteiger partial charge in [-0.25, -0.2) is 15.0 Å². The van der Waals surface area contributed by atoms with Gasteiger partial charge in [-0.1, -0.05) is 0 Å². The van der Waals surface area contributed by atoms with E-state index >= 15 is 0 Å². The Morgan fingerprint density at radius 1 is 1.26 bits per heavy atom. The molecule has 102 valence electrons. The van der Waals surface area contributed by atoms with Gasteiger partial charge >= 0.3 is 0 Å². The predicted octanol–water partition coefficient (Wildman–Crippen LogP) is -1.98. The molecule has 3 heterocycles. The van der Waals surface area contributed by atoms with Crippen molar-refractivity contribution >= 4 is 17.0 Å². The quantitative estimate of drug-likeness (QED) is 0.491. The van der Waals surface area contributed by atoms with E-state index in [0.29, 0.717) is 11.2 Å². The van der Waals surface area contributed by atoms with E-state index in [-0.39, 0.29) is 5.82 Å². The van der Waals surface area contributed by atoms with Crippen molar-refractivity contribution in [3.8, 4) is 0 Å². The van der Waals surface area contributed by atoms with Crippen LogP contribution in [0.4, 0.5) is 5.82 Å². The molecular weight excluding hydrogens is 254 g/mol. The number of aliphatic hydroxyl groups excluding tert-OH is 3. The number of aromatic nitrogens is 4. The van der Waals surface area contributed by atoms with E-state index in [0.717, 1.165) is 0 Å². The second kappa shape index (κ2) is 4.38. The number of hydrogen-bond donors (Lipinski definition) is 4. The van der Waals surface area contributed by atoms with Crippen LogP contribution in [0, 0.1) is 0 Å². The third-order valence-corrected chi connectivity index (χ3v) is 3.18. The summed E-state index contributed by atoms with van der Waals surface area (Å²) in [5, 5.41) is 28.7. The molecule has 9 nitrogen and oxygen atoms in total. The van der Waals surface area contributed by atoms with Gasteiger partial charge < -0.3 is 25.8 Å². The molecule has 0 aliphatic carbocycles. The van der Waals surface area contributed by atoms with E-state index in [1.54, 1.807) is 0 Å². The van der Waals surface area contributed by atoms with Gasteiger partial charge in [-0.15, -0.1) is 0 Å². The van der Waals surface area contributed by atoms with Gasteiger partial charge in [0.25, 0.3) is 0 Å². The predicted molar refractivity (Wildman–Crippen MR) is 62.7 cm³/mol. The molecular formula is C10H13N5O4. The number of rotatable bonds is 2. The Morgan fingerprint density at radius 3 is 2.74 bits per heavy atom. The van der Waals surface area contributed by atoms with E-state index in [4.69, 9.17) is 15.6 Å². The molecule has 0 aromatic carbocycles. The number of fused-ring (bicyclic) bond motifs is 1. The molecule has 9 heteroatoms. The molecule has 0 unspecified atom stereocenters. The van der Waals surface area contributed by atoms with Crippen molar-refractivity contribution in [2.24, 2.45) is 0 Å². The van der Waals surface area contributed by atoms with Gasteiger partial charge in [0.15, 0.2) is 17.7 Å². The van der Waals surface area contributed by atoms with Crippen LogP contribution >= 0.6 is 0 Å². The Hall–Kier alpha value is -1.81. The van der Waals surface area contributed by atoms with Crippen LogP contribution in [0.5, 0.6) is 0 Å². The van der Waals surface area contributed by atoms with Crippen molar-refractivity contribution in [1.82, 2.24) is 19.5 Å². The molecule has 0 amide bonds. The Kier molecular flexibility index (Phi) is 2.82. The third-order valence-electron chi connectivity index (χ3n) is 3.18. The molecule has 0 bridgehead atoms. The summed E-state index contributed by atoms with van der Waals surface area (Å²) < 4.78 is 6.85. The third kappa shape index (κ3) is 1.75. The molecule has 1 saturated heterocycles. The highest BCUT2D eigenvalue weighted by Crippen LogP contribution is 2.31. The van der Waals surface area contributed by atoms with Gasteiger partial charge in [0, 0.05) is 0 Å². The lowest BCUT2D eigenvalue weighted by atomic mass is 10.1. The van der Waals surface area contributed by atoms with Crippen LogP contribution in [-0.4, -0.2) is 59.8 Å². The maximum atomic E-state index is 9.95. The first-order valence-electron chi connectivity index (χ1n) is 5.69. The summed E-state index contributed by atoms with van der Waals surface area (Å²) in [6.45, 7) is -0.390. The molecule has 1 fully saturated rings. The van der Waals surface area contributed by atoms with E-state index in [1.165, 1.54) is 17.2 Å². The van der Waals surface area contributed by atoms with Crippen LogP contribution in [0.3, 0.4) is 0 Å². The fraction of sp³-hybridized carbons (Fsp3) is 0.500. The molecule has 0 spiro atoms. The zero-order valence-electron chi connectivity index (χ0n) is 9.79. The number of anilines is 1. The largest absolute Gasteiger partial charge is 0.394 e. The van der Waals surface area contributed by atoms with Gasteiger partial charge in [-0.3, -0.25) is 4.57 Å². The zero-order valence-corrected chi connectivity index (χ0v) is 9.79. The summed E-state index contributed by atoms with van der Waals surface area (Å²) in [5.41, 5.74) is 6.44. The van der Waals surface area contributed by atoms with Gasteiger partial charge in [0.05, 0.1) is 12.9 Å². The van der Waals surface area contributed by atoms with E-state index in [9.17, 15) is 10.2 Å². The first-order valence-corrected chi connectivity index (χ1v) is 5.69. The number of nitrogens with zero attached hydrogens (tertiary/aromatic N) is 4. The molecule has 5 N–H and O–H groups in total. The van der Waals surface area contributed by atoms with Crippen LogP contribution in [-0.2, 0) is 4.74 Å². The topological polar surface area (TPSA) is 140 Å². The van der Waals surface area contributed by atoms with Crippen LogP contribution in [0.15, 0.2) is 12.7 Å². The lowest BCUT2D eigenvalue weighted by molar-refractivity contribution is -0.0511. The fourth-order valence-corrected chi connectivity index (χ4v) is 2.17. The minimum absolute atomic E-state index is 0.218. The smallest absolute Gasteiger partial charge is 0.167 e. The fourth-order valence-electron chi connectivity index (χ4n) is 2.17. The lowest BCUT2D eigenvalue weighted by Gasteiger charge is -2.16. The highest BCUT2D eigenvalue weighted by molar-refractivity contribution is 5.81. The first-order chi connectivity index (χ1) is 9.13. The van der Waals surface area contributed by atoms with Crippen molar-refractivity contribution in [2.45, 2.75) is 24.5 Å². The summed E-state index contributed by atoms with van der Waals surface area (Å²) in [4.78, 5) is 11.9. The van der Waals surface area contributed by atoms with Crippen LogP contribution < -0.4 is 5.73 Å². The van der Waals surface area contributed by atoms with Crippen LogP contribution in [0.25, 0.3) is 11.2 Å². The summed E-state index contributed by atoms with van der Waals surface area (Å²) >= 11 is 0. The van der Waals surface area contributed by atoms with Gasteiger partial charge in [-0.2, -0.15) is 0 Å². The maximum Gasteiger partial charge on any atom is 0.167 e. The average Bonchev–Trinajstić information content (AvgIpc) is 2.94. The van der Waals surface area contributed by atoms with E-state index in [2.05, 4.69) is 15.0 Å². The Labute approximate surface area is 107 Å². The highest BCUT2D eigenvalue weighted by Gasteiger charge is 2.43. The minimum atomic E-state index is -1.19. The number of ether oxygens (including phenoxy) is 1. The number of imidazole rings is 1. The molecule has 1 aliphatic rings. The Bertz CT molecular complexity index is 603. The second-order valence-electron chi connectivity index (χ2n) is 4.31. The zero-order chi connectivity index (χ0) is 13.6. The van der Waals surface area contributed by atoms with Crippen molar-refractivity contribution in [2.75, 3.05) is 12.3 Å². The molecule has 4 atom stereocenters. The average molecular weight is 267 g/mol. The molecule has 3 rings (SSSR count). The summed E-state index contributed by atoms with van der Waals surface area (Å²) in [5.74, 6) is 0.218. The van der Waals surface area contributed by atoms with Crippen molar-refractivity contribution < 1.29 is 20.1 Å².